The maximum absolute atomic E-state index is 12.6. The molecule has 3 aromatic rings. The van der Waals surface area contributed by atoms with Gasteiger partial charge in [-0.05, 0) is 37.4 Å². The fraction of sp³-hybridized carbons (Fsp3) is 0.222. The highest BCUT2D eigenvalue weighted by molar-refractivity contribution is 7.20. The summed E-state index contributed by atoms with van der Waals surface area (Å²) in [5.74, 6) is 1.01. The van der Waals surface area contributed by atoms with Crippen molar-refractivity contribution in [2.45, 2.75) is 13.8 Å². The lowest BCUT2D eigenvalue weighted by Gasteiger charge is -2.13. The highest BCUT2D eigenvalue weighted by atomic mass is 32.1. The molecule has 0 atom stereocenters. The fourth-order valence-electron chi connectivity index (χ4n) is 2.22. The monoisotopic (exact) mass is 374 g/mol. The van der Waals surface area contributed by atoms with Gasteiger partial charge in [0, 0.05) is 11.4 Å². The predicted molar refractivity (Wildman–Crippen MR) is 102 cm³/mol. The topological polar surface area (TPSA) is 60.5 Å². The van der Waals surface area contributed by atoms with Gasteiger partial charge in [0.1, 0.15) is 22.2 Å². The maximum atomic E-state index is 12.6. The number of carbonyl (C=O) groups excluding carboxylic acids is 1. The number of amides is 1. The van der Waals surface area contributed by atoms with Crippen molar-refractivity contribution < 1.29 is 14.3 Å². The van der Waals surface area contributed by atoms with Gasteiger partial charge in [-0.15, -0.1) is 22.7 Å². The third-order valence-electron chi connectivity index (χ3n) is 3.28. The Balaban J connectivity index is 1.81. The first-order chi connectivity index (χ1) is 12.2. The average Bonchev–Trinajstić information content (AvgIpc) is 3.28. The third-order valence-corrected chi connectivity index (χ3v) is 5.16. The Kier molecular flexibility index (Phi) is 5.67. The number of thiazole rings is 1. The molecule has 0 saturated heterocycles. The standard InChI is InChI=1S/C18H18N2O3S2/c1-3-22-12-7-8-15(23-4-2)13(10-12)19-17(21)14-11-25-18(20-14)16-6-5-9-24-16/h5-11H,3-4H2,1-2H3,(H,19,21). The summed E-state index contributed by atoms with van der Waals surface area (Å²) < 4.78 is 11.1. The van der Waals surface area contributed by atoms with E-state index in [0.717, 1.165) is 9.88 Å². The molecule has 7 heteroatoms. The van der Waals surface area contributed by atoms with Crippen molar-refractivity contribution in [1.29, 1.82) is 0 Å². The number of hydrogen-bond donors (Lipinski definition) is 1. The number of aromatic nitrogens is 1. The second-order valence-electron chi connectivity index (χ2n) is 4.99. The Hall–Kier alpha value is -2.38. The molecule has 1 aromatic carbocycles. The molecule has 0 radical (unpaired) electrons. The van der Waals surface area contributed by atoms with Crippen LogP contribution in [0.2, 0.25) is 0 Å². The van der Waals surface area contributed by atoms with Gasteiger partial charge in [-0.2, -0.15) is 0 Å². The molecule has 3 rings (SSSR count). The van der Waals surface area contributed by atoms with Gasteiger partial charge >= 0.3 is 0 Å². The van der Waals surface area contributed by atoms with Gasteiger partial charge in [-0.1, -0.05) is 6.07 Å². The molecule has 0 aliphatic carbocycles. The first-order valence-electron chi connectivity index (χ1n) is 7.91. The van der Waals surface area contributed by atoms with E-state index in [1.165, 1.54) is 11.3 Å². The summed E-state index contributed by atoms with van der Waals surface area (Å²) in [5, 5.41) is 7.46. The number of hydrogen-bond acceptors (Lipinski definition) is 6. The van der Waals surface area contributed by atoms with Crippen LogP contribution in [0.5, 0.6) is 11.5 Å². The highest BCUT2D eigenvalue weighted by Gasteiger charge is 2.15. The van der Waals surface area contributed by atoms with E-state index in [1.807, 2.05) is 37.4 Å². The Morgan fingerprint density at radius 2 is 2.00 bits per heavy atom. The predicted octanol–water partition coefficient (Wildman–Crippen LogP) is 4.92. The van der Waals surface area contributed by atoms with Crippen molar-refractivity contribution >= 4 is 34.3 Å². The van der Waals surface area contributed by atoms with E-state index in [2.05, 4.69) is 10.3 Å². The van der Waals surface area contributed by atoms with Crippen molar-refractivity contribution in [3.8, 4) is 21.4 Å². The summed E-state index contributed by atoms with van der Waals surface area (Å²) in [5.41, 5.74) is 0.959. The number of rotatable bonds is 7. The highest BCUT2D eigenvalue weighted by Crippen LogP contribution is 2.31. The molecule has 1 amide bonds. The number of ether oxygens (including phenoxy) is 2. The molecular weight excluding hydrogens is 356 g/mol. The van der Waals surface area contributed by atoms with E-state index >= 15 is 0 Å². The molecule has 2 heterocycles. The second-order valence-corrected chi connectivity index (χ2v) is 6.80. The van der Waals surface area contributed by atoms with Crippen LogP contribution in [0.15, 0.2) is 41.1 Å². The lowest BCUT2D eigenvalue weighted by Crippen LogP contribution is -2.13. The lowest BCUT2D eigenvalue weighted by molar-refractivity contribution is 0.102. The first-order valence-corrected chi connectivity index (χ1v) is 9.67. The quantitative estimate of drug-likeness (QED) is 0.637. The van der Waals surface area contributed by atoms with Gasteiger partial charge in [0.15, 0.2) is 0 Å². The molecule has 0 aliphatic rings. The van der Waals surface area contributed by atoms with Crippen LogP contribution < -0.4 is 14.8 Å². The Morgan fingerprint density at radius 3 is 2.72 bits per heavy atom. The minimum Gasteiger partial charge on any atom is -0.494 e. The molecule has 0 bridgehead atoms. The van der Waals surface area contributed by atoms with Crippen LogP contribution in [0, 0.1) is 0 Å². The third kappa shape index (κ3) is 4.18. The smallest absolute Gasteiger partial charge is 0.275 e. The normalized spacial score (nSPS) is 10.5. The molecule has 1 N–H and O–H groups in total. The van der Waals surface area contributed by atoms with E-state index < -0.39 is 0 Å². The van der Waals surface area contributed by atoms with Crippen LogP contribution in [0.25, 0.3) is 9.88 Å². The molecule has 0 unspecified atom stereocenters. The van der Waals surface area contributed by atoms with E-state index in [4.69, 9.17) is 9.47 Å². The maximum Gasteiger partial charge on any atom is 0.275 e. The molecule has 0 aliphatic heterocycles. The van der Waals surface area contributed by atoms with Crippen molar-refractivity contribution in [2.24, 2.45) is 0 Å². The lowest BCUT2D eigenvalue weighted by atomic mass is 10.2. The van der Waals surface area contributed by atoms with Gasteiger partial charge in [0.25, 0.3) is 5.91 Å². The Labute approximate surface area is 154 Å². The number of anilines is 1. The Bertz CT molecular complexity index is 844. The van der Waals surface area contributed by atoms with E-state index in [9.17, 15) is 4.79 Å². The average molecular weight is 374 g/mol. The Morgan fingerprint density at radius 1 is 1.16 bits per heavy atom. The van der Waals surface area contributed by atoms with Gasteiger partial charge in [-0.3, -0.25) is 4.79 Å². The van der Waals surface area contributed by atoms with Crippen molar-refractivity contribution in [1.82, 2.24) is 4.98 Å². The molecule has 5 nitrogen and oxygen atoms in total. The van der Waals surface area contributed by atoms with E-state index in [0.29, 0.717) is 36.1 Å². The van der Waals surface area contributed by atoms with Gasteiger partial charge in [0.05, 0.1) is 23.8 Å². The minimum absolute atomic E-state index is 0.270. The fourth-order valence-corrected chi connectivity index (χ4v) is 3.84. The summed E-state index contributed by atoms with van der Waals surface area (Å²) in [4.78, 5) is 18.0. The van der Waals surface area contributed by atoms with Gasteiger partial charge < -0.3 is 14.8 Å². The molecule has 0 spiro atoms. The molecular formula is C18H18N2O3S2. The molecule has 0 saturated carbocycles. The van der Waals surface area contributed by atoms with Crippen molar-refractivity contribution in [3.63, 3.8) is 0 Å². The van der Waals surface area contributed by atoms with E-state index in [1.54, 1.807) is 28.8 Å². The second kappa shape index (κ2) is 8.13. The van der Waals surface area contributed by atoms with Crippen LogP contribution in [0.1, 0.15) is 24.3 Å². The molecule has 130 valence electrons. The van der Waals surface area contributed by atoms with Crippen molar-refractivity contribution in [2.75, 3.05) is 18.5 Å². The zero-order chi connectivity index (χ0) is 17.6. The number of benzene rings is 1. The molecule has 25 heavy (non-hydrogen) atoms. The first kappa shape index (κ1) is 17.4. The van der Waals surface area contributed by atoms with E-state index in [-0.39, 0.29) is 5.91 Å². The van der Waals surface area contributed by atoms with Crippen LogP contribution in [0.3, 0.4) is 0 Å². The molecule has 2 aromatic heterocycles. The van der Waals surface area contributed by atoms with Gasteiger partial charge in [0.2, 0.25) is 0 Å². The summed E-state index contributed by atoms with van der Waals surface area (Å²) in [6.45, 7) is 4.87. The van der Waals surface area contributed by atoms with Gasteiger partial charge in [-0.25, -0.2) is 4.98 Å². The number of carbonyl (C=O) groups is 1. The van der Waals surface area contributed by atoms with Crippen LogP contribution in [0.4, 0.5) is 5.69 Å². The summed E-state index contributed by atoms with van der Waals surface area (Å²) in [6.07, 6.45) is 0. The number of nitrogens with one attached hydrogen (secondary N) is 1. The number of nitrogens with zero attached hydrogens (tertiary/aromatic N) is 1. The summed E-state index contributed by atoms with van der Waals surface area (Å²) in [6, 6.07) is 9.34. The summed E-state index contributed by atoms with van der Waals surface area (Å²) >= 11 is 3.06. The largest absolute Gasteiger partial charge is 0.494 e. The number of thiophene rings is 1. The zero-order valence-corrected chi connectivity index (χ0v) is 15.6. The zero-order valence-electron chi connectivity index (χ0n) is 13.9. The SMILES string of the molecule is CCOc1ccc(OCC)c(NC(=O)c2csc(-c3cccs3)n2)c1. The van der Waals surface area contributed by atoms with Crippen molar-refractivity contribution in [3.05, 3.63) is 46.8 Å². The van der Waals surface area contributed by atoms with Crippen LogP contribution >= 0.6 is 22.7 Å². The minimum atomic E-state index is -0.270. The van der Waals surface area contributed by atoms with Crippen LogP contribution in [-0.2, 0) is 0 Å². The van der Waals surface area contributed by atoms with Crippen LogP contribution in [-0.4, -0.2) is 24.1 Å². The summed E-state index contributed by atoms with van der Waals surface area (Å²) in [7, 11) is 0. The molecule has 0 fully saturated rings.